The molecule has 3 nitrogen and oxygen atoms in total. The highest BCUT2D eigenvalue weighted by molar-refractivity contribution is 7.23. The minimum Gasteiger partial charge on any atom is -0.478 e. The van der Waals surface area contributed by atoms with Crippen molar-refractivity contribution in [2.24, 2.45) is 0 Å². The normalized spacial score (nSPS) is 12.5. The Hall–Kier alpha value is -3.25. The molecule has 2 aromatic carbocycles. The zero-order chi connectivity index (χ0) is 26.7. The predicted molar refractivity (Wildman–Crippen MR) is 164 cm³/mol. The van der Waals surface area contributed by atoms with E-state index in [1.54, 1.807) is 34.8 Å². The Bertz CT molecular complexity index is 1360. The second-order valence-electron chi connectivity index (χ2n) is 9.38. The molecule has 1 atom stereocenters. The molecule has 2 aromatic heterocycles. The van der Waals surface area contributed by atoms with Gasteiger partial charge in [0.15, 0.2) is 0 Å². The Balaban J connectivity index is 1.31. The van der Waals surface area contributed by atoms with Crippen molar-refractivity contribution in [1.29, 1.82) is 0 Å². The third-order valence-corrected chi connectivity index (χ3v) is 8.73. The van der Waals surface area contributed by atoms with Crippen molar-refractivity contribution >= 4 is 52.9 Å². The van der Waals surface area contributed by atoms with Crippen molar-refractivity contribution in [2.75, 3.05) is 0 Å². The van der Waals surface area contributed by atoms with Crippen molar-refractivity contribution in [2.45, 2.75) is 51.6 Å². The minimum atomic E-state index is -0.912. The molecule has 0 aliphatic carbocycles. The highest BCUT2D eigenvalue weighted by atomic mass is 32.1. The molecule has 5 heteroatoms. The highest BCUT2D eigenvalue weighted by Gasteiger charge is 2.07. The summed E-state index contributed by atoms with van der Waals surface area (Å²) in [6.45, 7) is 2.22. The molecule has 1 unspecified atom stereocenters. The van der Waals surface area contributed by atoms with Gasteiger partial charge >= 0.3 is 5.97 Å². The number of carboxylic acids is 1. The molecular weight excluding hydrogens is 508 g/mol. The lowest BCUT2D eigenvalue weighted by molar-refractivity contribution is 0.0697. The van der Waals surface area contributed by atoms with Crippen LogP contribution in [0.5, 0.6) is 0 Å². The van der Waals surface area contributed by atoms with Crippen LogP contribution in [0.3, 0.4) is 0 Å². The van der Waals surface area contributed by atoms with E-state index >= 15 is 0 Å². The SMILES string of the molecule is CCCCCCCC(O)c1ccc(/C=C/c2ccc(-c3ccc(/C=C/c4ccc(C(=O)O)cc4)s3)s2)cc1. The lowest BCUT2D eigenvalue weighted by Gasteiger charge is -2.11. The number of aromatic carboxylic acids is 1. The van der Waals surface area contributed by atoms with Gasteiger partial charge in [0, 0.05) is 19.5 Å². The van der Waals surface area contributed by atoms with Crippen molar-refractivity contribution in [3.05, 3.63) is 105 Å². The van der Waals surface area contributed by atoms with Crippen LogP contribution in [0.1, 0.15) is 88.4 Å². The van der Waals surface area contributed by atoms with Gasteiger partial charge in [0.2, 0.25) is 0 Å². The van der Waals surface area contributed by atoms with E-state index in [-0.39, 0.29) is 6.10 Å². The second kappa shape index (κ2) is 14.1. The molecule has 0 amide bonds. The summed E-state index contributed by atoms with van der Waals surface area (Å²) in [4.78, 5) is 15.8. The number of benzene rings is 2. The fourth-order valence-electron chi connectivity index (χ4n) is 4.18. The Morgan fingerprint density at radius 1 is 0.711 bits per heavy atom. The van der Waals surface area contributed by atoms with Gasteiger partial charge in [-0.25, -0.2) is 4.79 Å². The van der Waals surface area contributed by atoms with Crippen molar-refractivity contribution < 1.29 is 15.0 Å². The average molecular weight is 543 g/mol. The monoisotopic (exact) mass is 542 g/mol. The first kappa shape index (κ1) is 27.8. The van der Waals surface area contributed by atoms with Gasteiger partial charge in [-0.1, -0.05) is 87.6 Å². The molecule has 4 rings (SSSR count). The van der Waals surface area contributed by atoms with Gasteiger partial charge in [0.25, 0.3) is 0 Å². The Morgan fingerprint density at radius 3 is 1.76 bits per heavy atom. The summed E-state index contributed by atoms with van der Waals surface area (Å²) in [6, 6.07) is 23.7. The fraction of sp³-hybridized carbons (Fsp3) is 0.242. The van der Waals surface area contributed by atoms with Crippen molar-refractivity contribution in [3.63, 3.8) is 0 Å². The van der Waals surface area contributed by atoms with E-state index in [0.29, 0.717) is 5.56 Å². The number of carbonyl (C=O) groups is 1. The molecule has 0 aliphatic heterocycles. The van der Waals surface area contributed by atoms with E-state index in [0.717, 1.165) is 34.4 Å². The first-order valence-electron chi connectivity index (χ1n) is 13.2. The standard InChI is InChI=1S/C33H34O3S2/c1-2-3-4-5-6-7-30(34)26-14-8-24(9-15-26)12-18-28-20-22-31(37-28)32-23-21-29(38-32)19-13-25-10-16-27(17-11-25)33(35)36/h8-23,30,34H,2-7H2,1H3,(H,35,36)/b18-12+,19-13+. The molecule has 0 saturated carbocycles. The van der Waals surface area contributed by atoms with Gasteiger partial charge in [-0.15, -0.1) is 22.7 Å². The number of aliphatic hydroxyl groups is 1. The van der Waals surface area contributed by atoms with Crippen LogP contribution in [-0.4, -0.2) is 16.2 Å². The summed E-state index contributed by atoms with van der Waals surface area (Å²) in [5.41, 5.74) is 3.38. The predicted octanol–water partition coefficient (Wildman–Crippen LogP) is 9.91. The molecule has 196 valence electrons. The van der Waals surface area contributed by atoms with Crippen molar-refractivity contribution in [1.82, 2.24) is 0 Å². The van der Waals surface area contributed by atoms with Gasteiger partial charge in [0.1, 0.15) is 0 Å². The third kappa shape index (κ3) is 8.12. The smallest absolute Gasteiger partial charge is 0.335 e. The maximum Gasteiger partial charge on any atom is 0.335 e. The Morgan fingerprint density at radius 2 is 1.24 bits per heavy atom. The Labute approximate surface area is 233 Å². The van der Waals surface area contributed by atoms with Crippen LogP contribution in [0.25, 0.3) is 34.1 Å². The number of rotatable bonds is 13. The zero-order valence-electron chi connectivity index (χ0n) is 21.7. The number of aliphatic hydroxyl groups excluding tert-OH is 1. The molecule has 38 heavy (non-hydrogen) atoms. The molecule has 0 aliphatic rings. The molecule has 0 radical (unpaired) electrons. The third-order valence-electron chi connectivity index (χ3n) is 6.44. The maximum atomic E-state index is 11.0. The molecular formula is C33H34O3S2. The van der Waals surface area contributed by atoms with Crippen LogP contribution in [0.15, 0.2) is 72.8 Å². The largest absolute Gasteiger partial charge is 0.478 e. The van der Waals surface area contributed by atoms with E-state index in [1.165, 1.54) is 40.3 Å². The van der Waals surface area contributed by atoms with E-state index in [4.69, 9.17) is 5.11 Å². The van der Waals surface area contributed by atoms with Crippen LogP contribution in [0, 0.1) is 0 Å². The van der Waals surface area contributed by atoms with Gasteiger partial charge in [-0.3, -0.25) is 0 Å². The van der Waals surface area contributed by atoms with Crippen molar-refractivity contribution in [3.8, 4) is 9.75 Å². The molecule has 4 aromatic rings. The molecule has 2 N–H and O–H groups in total. The van der Waals surface area contributed by atoms with Crippen LogP contribution in [0.2, 0.25) is 0 Å². The lowest BCUT2D eigenvalue weighted by Crippen LogP contribution is -1.97. The van der Waals surface area contributed by atoms with Crippen LogP contribution in [-0.2, 0) is 0 Å². The van der Waals surface area contributed by atoms with Gasteiger partial charge in [0.05, 0.1) is 11.7 Å². The van der Waals surface area contributed by atoms with Crippen LogP contribution < -0.4 is 0 Å². The van der Waals surface area contributed by atoms with E-state index in [1.807, 2.05) is 30.3 Å². The fourth-order valence-corrected chi connectivity index (χ4v) is 6.09. The highest BCUT2D eigenvalue weighted by Crippen LogP contribution is 2.35. The molecule has 0 bridgehead atoms. The quantitative estimate of drug-likeness (QED) is 0.165. The summed E-state index contributed by atoms with van der Waals surface area (Å²) in [6.07, 6.45) is 14.8. The van der Waals surface area contributed by atoms with E-state index in [9.17, 15) is 9.90 Å². The van der Waals surface area contributed by atoms with Crippen LogP contribution >= 0.6 is 22.7 Å². The topological polar surface area (TPSA) is 57.5 Å². The maximum absolute atomic E-state index is 11.0. The summed E-state index contributed by atoms with van der Waals surface area (Å²) in [5, 5.41) is 19.5. The number of thiophene rings is 2. The zero-order valence-corrected chi connectivity index (χ0v) is 23.3. The number of carboxylic acid groups (broad SMARTS) is 1. The molecule has 0 spiro atoms. The van der Waals surface area contributed by atoms with Gasteiger partial charge in [-0.2, -0.15) is 0 Å². The molecule has 0 saturated heterocycles. The molecule has 0 fully saturated rings. The summed E-state index contributed by atoms with van der Waals surface area (Å²) >= 11 is 3.50. The van der Waals surface area contributed by atoms with Gasteiger partial charge in [-0.05, 0) is 71.7 Å². The summed E-state index contributed by atoms with van der Waals surface area (Å²) < 4.78 is 0. The first-order chi connectivity index (χ1) is 18.5. The van der Waals surface area contributed by atoms with Gasteiger partial charge < -0.3 is 10.2 Å². The van der Waals surface area contributed by atoms with E-state index in [2.05, 4.69) is 61.5 Å². The average Bonchev–Trinajstić information content (AvgIpc) is 3.61. The minimum absolute atomic E-state index is 0.294. The van der Waals surface area contributed by atoms with E-state index < -0.39 is 5.97 Å². The summed E-state index contributed by atoms with van der Waals surface area (Å²) in [5.74, 6) is -0.912. The number of hydrogen-bond acceptors (Lipinski definition) is 4. The number of hydrogen-bond donors (Lipinski definition) is 2. The number of unbranched alkanes of at least 4 members (excludes halogenated alkanes) is 4. The summed E-state index contributed by atoms with van der Waals surface area (Å²) in [7, 11) is 0. The molecule has 2 heterocycles. The van der Waals surface area contributed by atoms with Crippen LogP contribution in [0.4, 0.5) is 0 Å². The Kier molecular flexibility index (Phi) is 10.3. The second-order valence-corrected chi connectivity index (χ2v) is 11.6. The lowest BCUT2D eigenvalue weighted by atomic mass is 10.0. The first-order valence-corrected chi connectivity index (χ1v) is 14.8.